The van der Waals surface area contributed by atoms with E-state index in [2.05, 4.69) is 4.98 Å². The van der Waals surface area contributed by atoms with Crippen molar-refractivity contribution in [3.05, 3.63) is 60.2 Å². The highest BCUT2D eigenvalue weighted by Crippen LogP contribution is 2.32. The van der Waals surface area contributed by atoms with Crippen LogP contribution in [0, 0.1) is 6.92 Å². The molecule has 0 bridgehead atoms. The predicted molar refractivity (Wildman–Crippen MR) is 74.7 cm³/mol. The van der Waals surface area contributed by atoms with Crippen LogP contribution >= 0.6 is 0 Å². The van der Waals surface area contributed by atoms with E-state index in [4.69, 9.17) is 4.74 Å². The molecule has 19 heavy (non-hydrogen) atoms. The molecule has 1 aromatic heterocycles. The van der Waals surface area contributed by atoms with Crippen LogP contribution in [-0.4, -0.2) is 10.1 Å². The van der Waals surface area contributed by atoms with E-state index < -0.39 is 0 Å². The van der Waals surface area contributed by atoms with E-state index in [1.807, 2.05) is 55.5 Å². The molecule has 0 spiro atoms. The summed E-state index contributed by atoms with van der Waals surface area (Å²) in [4.78, 5) is 4.12. The maximum Gasteiger partial charge on any atom is 0.255 e. The Morgan fingerprint density at radius 1 is 1.00 bits per heavy atom. The van der Waals surface area contributed by atoms with Gasteiger partial charge >= 0.3 is 0 Å². The van der Waals surface area contributed by atoms with Crippen molar-refractivity contribution in [3.8, 4) is 17.4 Å². The second kappa shape index (κ2) is 4.61. The lowest BCUT2D eigenvalue weighted by Gasteiger charge is -2.08. The van der Waals surface area contributed by atoms with Gasteiger partial charge in [0.15, 0.2) is 5.75 Å². The first kappa shape index (κ1) is 11.5. The molecule has 0 aliphatic heterocycles. The minimum Gasteiger partial charge on any atom is -0.491 e. The number of rotatable bonds is 2. The van der Waals surface area contributed by atoms with Crippen LogP contribution in [-0.2, 0) is 0 Å². The fourth-order valence-corrected chi connectivity index (χ4v) is 1.89. The molecule has 3 aromatic rings. The topological polar surface area (TPSA) is 42.4 Å². The number of aromatic hydroxyl groups is 1. The van der Waals surface area contributed by atoms with Gasteiger partial charge in [-0.1, -0.05) is 35.9 Å². The van der Waals surface area contributed by atoms with Gasteiger partial charge in [-0.15, -0.1) is 0 Å². The highest BCUT2D eigenvalue weighted by Gasteiger charge is 2.07. The van der Waals surface area contributed by atoms with Crippen LogP contribution in [0.3, 0.4) is 0 Å². The molecular weight excluding hydrogens is 238 g/mol. The molecule has 2 aromatic carbocycles. The minimum absolute atomic E-state index is 0.0979. The number of hydrogen-bond acceptors (Lipinski definition) is 3. The summed E-state index contributed by atoms with van der Waals surface area (Å²) >= 11 is 0. The van der Waals surface area contributed by atoms with Gasteiger partial charge < -0.3 is 9.84 Å². The van der Waals surface area contributed by atoms with Crippen LogP contribution in [0.4, 0.5) is 0 Å². The average Bonchev–Trinajstić information content (AvgIpc) is 2.42. The third-order valence-corrected chi connectivity index (χ3v) is 2.92. The highest BCUT2D eigenvalue weighted by molar-refractivity contribution is 5.81. The molecule has 0 saturated carbocycles. The molecule has 3 heteroatoms. The fraction of sp³-hybridized carbons (Fsp3) is 0.0625. The van der Waals surface area contributed by atoms with Gasteiger partial charge in [-0.05, 0) is 31.2 Å². The normalized spacial score (nSPS) is 10.6. The van der Waals surface area contributed by atoms with Crippen LogP contribution < -0.4 is 4.74 Å². The number of aromatic nitrogens is 1. The number of para-hydroxylation sites is 1. The van der Waals surface area contributed by atoms with Gasteiger partial charge in [0, 0.05) is 5.39 Å². The highest BCUT2D eigenvalue weighted by atomic mass is 16.5. The molecule has 3 rings (SSSR count). The number of nitrogens with zero attached hydrogens (tertiary/aromatic N) is 1. The Morgan fingerprint density at radius 3 is 2.53 bits per heavy atom. The maximum absolute atomic E-state index is 9.89. The Hall–Kier alpha value is -2.55. The van der Waals surface area contributed by atoms with Crippen molar-refractivity contribution in [2.24, 2.45) is 0 Å². The first-order valence-electron chi connectivity index (χ1n) is 6.06. The summed E-state index contributed by atoms with van der Waals surface area (Å²) in [6.45, 7) is 2.01. The number of aryl methyl sites for hydroxylation is 1. The summed E-state index contributed by atoms with van der Waals surface area (Å²) in [5.74, 6) is 0.944. The molecule has 0 aliphatic rings. The zero-order chi connectivity index (χ0) is 13.2. The molecule has 0 unspecified atom stereocenters. The van der Waals surface area contributed by atoms with E-state index in [9.17, 15) is 5.11 Å². The molecule has 0 radical (unpaired) electrons. The van der Waals surface area contributed by atoms with Crippen LogP contribution in [0.1, 0.15) is 5.56 Å². The van der Waals surface area contributed by atoms with E-state index in [0.29, 0.717) is 11.5 Å². The SMILES string of the molecule is Cc1ccc(Oc2cc3ccccc3nc2O)cc1. The maximum atomic E-state index is 9.89. The first-order valence-corrected chi connectivity index (χ1v) is 6.06. The lowest BCUT2D eigenvalue weighted by Crippen LogP contribution is -1.88. The summed E-state index contributed by atoms with van der Waals surface area (Å²) < 4.78 is 5.66. The van der Waals surface area contributed by atoms with Gasteiger partial charge in [0.1, 0.15) is 5.75 Å². The third kappa shape index (κ3) is 2.36. The summed E-state index contributed by atoms with van der Waals surface area (Å²) in [7, 11) is 0. The Kier molecular flexibility index (Phi) is 2.80. The Morgan fingerprint density at radius 2 is 1.74 bits per heavy atom. The van der Waals surface area contributed by atoms with Gasteiger partial charge in [-0.25, -0.2) is 4.98 Å². The van der Waals surface area contributed by atoms with Crippen molar-refractivity contribution >= 4 is 10.9 Å². The zero-order valence-corrected chi connectivity index (χ0v) is 10.5. The van der Waals surface area contributed by atoms with Crippen molar-refractivity contribution < 1.29 is 9.84 Å². The van der Waals surface area contributed by atoms with E-state index in [0.717, 1.165) is 16.5 Å². The van der Waals surface area contributed by atoms with E-state index in [1.165, 1.54) is 0 Å². The zero-order valence-electron chi connectivity index (χ0n) is 10.5. The van der Waals surface area contributed by atoms with Gasteiger partial charge in [0.2, 0.25) is 0 Å². The van der Waals surface area contributed by atoms with Crippen molar-refractivity contribution in [2.75, 3.05) is 0 Å². The van der Waals surface area contributed by atoms with Gasteiger partial charge in [0.25, 0.3) is 5.88 Å². The molecule has 1 N–H and O–H groups in total. The van der Waals surface area contributed by atoms with Crippen molar-refractivity contribution in [2.45, 2.75) is 6.92 Å². The van der Waals surface area contributed by atoms with E-state index in [1.54, 1.807) is 6.07 Å². The number of benzene rings is 2. The summed E-state index contributed by atoms with van der Waals surface area (Å²) in [5.41, 5.74) is 1.91. The Balaban J connectivity index is 2.00. The summed E-state index contributed by atoms with van der Waals surface area (Å²) in [5, 5.41) is 10.8. The first-order chi connectivity index (χ1) is 9.22. The molecule has 0 fully saturated rings. The van der Waals surface area contributed by atoms with Gasteiger partial charge in [-0.3, -0.25) is 0 Å². The monoisotopic (exact) mass is 251 g/mol. The lowest BCUT2D eigenvalue weighted by atomic mass is 10.2. The number of pyridine rings is 1. The molecule has 0 aliphatic carbocycles. The van der Waals surface area contributed by atoms with E-state index >= 15 is 0 Å². The van der Waals surface area contributed by atoms with Crippen LogP contribution in [0.15, 0.2) is 54.6 Å². The lowest BCUT2D eigenvalue weighted by molar-refractivity contribution is 0.398. The molecule has 0 amide bonds. The second-order valence-corrected chi connectivity index (χ2v) is 4.42. The fourth-order valence-electron chi connectivity index (χ4n) is 1.89. The summed E-state index contributed by atoms with van der Waals surface area (Å²) in [6, 6.07) is 17.0. The minimum atomic E-state index is -0.0979. The van der Waals surface area contributed by atoms with Crippen molar-refractivity contribution in [1.29, 1.82) is 0 Å². The summed E-state index contributed by atoms with van der Waals surface area (Å²) in [6.07, 6.45) is 0. The molecule has 1 heterocycles. The predicted octanol–water partition coefficient (Wildman–Crippen LogP) is 4.04. The second-order valence-electron chi connectivity index (χ2n) is 4.42. The number of hydrogen-bond donors (Lipinski definition) is 1. The molecule has 0 atom stereocenters. The average molecular weight is 251 g/mol. The van der Waals surface area contributed by atoms with Crippen LogP contribution in [0.25, 0.3) is 10.9 Å². The standard InChI is InChI=1S/C16H13NO2/c1-11-6-8-13(9-7-11)19-15-10-12-4-2-3-5-14(12)17-16(15)18/h2-10H,1H3,(H,17,18). The number of ether oxygens (including phenoxy) is 1. The largest absolute Gasteiger partial charge is 0.491 e. The molecule has 0 saturated heterocycles. The molecule has 94 valence electrons. The molecular formula is C16H13NO2. The Labute approximate surface area is 111 Å². The van der Waals surface area contributed by atoms with Crippen LogP contribution in [0.5, 0.6) is 17.4 Å². The third-order valence-electron chi connectivity index (χ3n) is 2.92. The van der Waals surface area contributed by atoms with Crippen molar-refractivity contribution in [3.63, 3.8) is 0 Å². The Bertz CT molecular complexity index is 720. The van der Waals surface area contributed by atoms with Crippen LogP contribution in [0.2, 0.25) is 0 Å². The molecule has 3 nitrogen and oxygen atoms in total. The van der Waals surface area contributed by atoms with Crippen molar-refractivity contribution in [1.82, 2.24) is 4.98 Å². The van der Waals surface area contributed by atoms with E-state index in [-0.39, 0.29) is 5.88 Å². The number of fused-ring (bicyclic) bond motifs is 1. The van der Waals surface area contributed by atoms with Gasteiger partial charge in [0.05, 0.1) is 5.52 Å². The van der Waals surface area contributed by atoms with Gasteiger partial charge in [-0.2, -0.15) is 0 Å². The quantitative estimate of drug-likeness (QED) is 0.747. The smallest absolute Gasteiger partial charge is 0.255 e.